The first-order valence-electron chi connectivity index (χ1n) is 7.16. The van der Waals surface area contributed by atoms with E-state index in [1.54, 1.807) is 7.11 Å². The van der Waals surface area contributed by atoms with Crippen LogP contribution in [-0.4, -0.2) is 26.4 Å². The first kappa shape index (κ1) is 15.8. The van der Waals surface area contributed by atoms with Crippen molar-refractivity contribution in [1.82, 2.24) is 0 Å². The van der Waals surface area contributed by atoms with Crippen molar-refractivity contribution in [3.05, 3.63) is 23.8 Å². The van der Waals surface area contributed by atoms with E-state index in [1.165, 1.54) is 24.8 Å². The van der Waals surface area contributed by atoms with Crippen molar-refractivity contribution in [2.24, 2.45) is 0 Å². The quantitative estimate of drug-likeness (QED) is 0.684. The van der Waals surface area contributed by atoms with Gasteiger partial charge in [0.2, 0.25) is 0 Å². The molecule has 0 saturated carbocycles. The van der Waals surface area contributed by atoms with E-state index in [0.717, 1.165) is 11.4 Å². The van der Waals surface area contributed by atoms with Gasteiger partial charge in [0.25, 0.3) is 0 Å². The molecule has 0 saturated heterocycles. The van der Waals surface area contributed by atoms with E-state index < -0.39 is 0 Å². The van der Waals surface area contributed by atoms with Crippen molar-refractivity contribution >= 4 is 5.69 Å². The maximum Gasteiger partial charge on any atom is 0.142 e. The molecule has 1 aromatic carbocycles. The SMILES string of the molecule is CCCCC(C)Nc1ccc(C)cc1OCCOC. The third kappa shape index (κ3) is 5.97. The van der Waals surface area contributed by atoms with E-state index in [-0.39, 0.29) is 0 Å². The summed E-state index contributed by atoms with van der Waals surface area (Å²) >= 11 is 0. The Bertz CT molecular complexity index is 366. The zero-order valence-electron chi connectivity index (χ0n) is 12.7. The molecule has 3 nitrogen and oxygen atoms in total. The van der Waals surface area contributed by atoms with Gasteiger partial charge in [-0.1, -0.05) is 25.8 Å². The highest BCUT2D eigenvalue weighted by atomic mass is 16.5. The minimum Gasteiger partial charge on any atom is -0.489 e. The van der Waals surface area contributed by atoms with E-state index in [2.05, 4.69) is 44.3 Å². The number of methoxy groups -OCH3 is 1. The molecule has 0 spiro atoms. The van der Waals surface area contributed by atoms with Crippen LogP contribution >= 0.6 is 0 Å². The second-order valence-electron chi connectivity index (χ2n) is 5.03. The number of ether oxygens (including phenoxy) is 2. The number of hydrogen-bond donors (Lipinski definition) is 1. The van der Waals surface area contributed by atoms with Crippen LogP contribution in [-0.2, 0) is 4.74 Å². The fourth-order valence-corrected chi connectivity index (χ4v) is 1.95. The highest BCUT2D eigenvalue weighted by molar-refractivity contribution is 5.58. The van der Waals surface area contributed by atoms with Gasteiger partial charge in [-0.25, -0.2) is 0 Å². The van der Waals surface area contributed by atoms with Crippen LogP contribution in [0.4, 0.5) is 5.69 Å². The van der Waals surface area contributed by atoms with E-state index in [9.17, 15) is 0 Å². The summed E-state index contributed by atoms with van der Waals surface area (Å²) in [7, 11) is 1.69. The van der Waals surface area contributed by atoms with Crippen LogP contribution in [0.2, 0.25) is 0 Å². The van der Waals surface area contributed by atoms with Crippen LogP contribution in [0, 0.1) is 6.92 Å². The Hall–Kier alpha value is -1.22. The minimum absolute atomic E-state index is 0.465. The van der Waals surface area contributed by atoms with Crippen LogP contribution in [0.1, 0.15) is 38.7 Å². The van der Waals surface area contributed by atoms with E-state index in [1.807, 2.05) is 0 Å². The molecule has 1 unspecified atom stereocenters. The normalized spacial score (nSPS) is 12.2. The molecular formula is C16H27NO2. The molecule has 0 aliphatic heterocycles. The number of anilines is 1. The molecule has 0 radical (unpaired) electrons. The molecule has 0 heterocycles. The van der Waals surface area contributed by atoms with Gasteiger partial charge in [0.15, 0.2) is 0 Å². The summed E-state index contributed by atoms with van der Waals surface area (Å²) < 4.78 is 10.8. The third-order valence-electron chi connectivity index (χ3n) is 3.07. The monoisotopic (exact) mass is 265 g/mol. The Kier molecular flexibility index (Phi) is 7.34. The Morgan fingerprint density at radius 2 is 2.05 bits per heavy atom. The maximum atomic E-state index is 5.78. The molecule has 0 bridgehead atoms. The van der Waals surface area contributed by atoms with Crippen LogP contribution < -0.4 is 10.1 Å². The largest absolute Gasteiger partial charge is 0.489 e. The van der Waals surface area contributed by atoms with Crippen LogP contribution in [0.5, 0.6) is 5.75 Å². The lowest BCUT2D eigenvalue weighted by molar-refractivity contribution is 0.146. The van der Waals surface area contributed by atoms with Crippen LogP contribution in [0.15, 0.2) is 18.2 Å². The molecule has 1 N–H and O–H groups in total. The molecule has 0 aliphatic rings. The van der Waals surface area contributed by atoms with Crippen LogP contribution in [0.25, 0.3) is 0 Å². The molecule has 1 atom stereocenters. The van der Waals surface area contributed by atoms with E-state index in [0.29, 0.717) is 19.3 Å². The van der Waals surface area contributed by atoms with Crippen molar-refractivity contribution in [2.45, 2.75) is 46.1 Å². The zero-order chi connectivity index (χ0) is 14.1. The lowest BCUT2D eigenvalue weighted by Gasteiger charge is -2.18. The highest BCUT2D eigenvalue weighted by Crippen LogP contribution is 2.27. The average Bonchev–Trinajstić information content (AvgIpc) is 2.39. The molecule has 1 rings (SSSR count). The number of unbranched alkanes of at least 4 members (excludes halogenated alkanes) is 1. The van der Waals surface area contributed by atoms with Gasteiger partial charge in [-0.15, -0.1) is 0 Å². The molecule has 0 fully saturated rings. The second kappa shape index (κ2) is 8.81. The van der Waals surface area contributed by atoms with Gasteiger partial charge >= 0.3 is 0 Å². The first-order valence-corrected chi connectivity index (χ1v) is 7.16. The Morgan fingerprint density at radius 1 is 1.26 bits per heavy atom. The molecule has 108 valence electrons. The van der Waals surface area contributed by atoms with Crippen LogP contribution in [0.3, 0.4) is 0 Å². The molecular weight excluding hydrogens is 238 g/mol. The van der Waals surface area contributed by atoms with Crippen molar-refractivity contribution < 1.29 is 9.47 Å². The fourth-order valence-electron chi connectivity index (χ4n) is 1.95. The van der Waals surface area contributed by atoms with Crippen molar-refractivity contribution in [2.75, 3.05) is 25.6 Å². The summed E-state index contributed by atoms with van der Waals surface area (Å²) in [5, 5.41) is 3.53. The summed E-state index contributed by atoms with van der Waals surface area (Å²) in [4.78, 5) is 0. The number of aryl methyl sites for hydroxylation is 1. The third-order valence-corrected chi connectivity index (χ3v) is 3.07. The van der Waals surface area contributed by atoms with Gasteiger partial charge in [-0.3, -0.25) is 0 Å². The van der Waals surface area contributed by atoms with E-state index >= 15 is 0 Å². The molecule has 0 amide bonds. The smallest absolute Gasteiger partial charge is 0.142 e. The molecule has 0 aliphatic carbocycles. The van der Waals surface area contributed by atoms with Gasteiger partial charge in [-0.2, -0.15) is 0 Å². The Labute approximate surface area is 117 Å². The predicted octanol–water partition coefficient (Wildman–Crippen LogP) is 4.01. The van der Waals surface area contributed by atoms with Gasteiger partial charge in [-0.05, 0) is 38.0 Å². The Morgan fingerprint density at radius 3 is 2.74 bits per heavy atom. The first-order chi connectivity index (χ1) is 9.17. The predicted molar refractivity (Wildman–Crippen MR) is 81.2 cm³/mol. The maximum absolute atomic E-state index is 5.78. The average molecular weight is 265 g/mol. The standard InChI is InChI=1S/C16H27NO2/c1-5-6-7-14(3)17-15-9-8-13(2)12-16(15)19-11-10-18-4/h8-9,12,14,17H,5-7,10-11H2,1-4H3. The highest BCUT2D eigenvalue weighted by Gasteiger charge is 2.07. The number of benzene rings is 1. The van der Waals surface area contributed by atoms with Crippen molar-refractivity contribution in [1.29, 1.82) is 0 Å². The van der Waals surface area contributed by atoms with Gasteiger partial charge in [0.1, 0.15) is 12.4 Å². The summed E-state index contributed by atoms with van der Waals surface area (Å²) in [5.41, 5.74) is 2.28. The summed E-state index contributed by atoms with van der Waals surface area (Å²) in [6.45, 7) is 7.70. The fraction of sp³-hybridized carbons (Fsp3) is 0.625. The molecule has 3 heteroatoms. The summed E-state index contributed by atoms with van der Waals surface area (Å²) in [6, 6.07) is 6.75. The van der Waals surface area contributed by atoms with Gasteiger partial charge < -0.3 is 14.8 Å². The second-order valence-corrected chi connectivity index (χ2v) is 5.03. The minimum atomic E-state index is 0.465. The van der Waals surface area contributed by atoms with E-state index in [4.69, 9.17) is 9.47 Å². The topological polar surface area (TPSA) is 30.5 Å². The molecule has 19 heavy (non-hydrogen) atoms. The van der Waals surface area contributed by atoms with Gasteiger partial charge in [0, 0.05) is 13.2 Å². The lowest BCUT2D eigenvalue weighted by Crippen LogP contribution is -2.16. The molecule has 0 aromatic heterocycles. The lowest BCUT2D eigenvalue weighted by atomic mass is 10.1. The number of nitrogens with one attached hydrogen (secondary N) is 1. The number of hydrogen-bond acceptors (Lipinski definition) is 3. The zero-order valence-corrected chi connectivity index (χ0v) is 12.7. The number of rotatable bonds is 9. The van der Waals surface area contributed by atoms with Gasteiger partial charge in [0.05, 0.1) is 12.3 Å². The summed E-state index contributed by atoms with van der Waals surface area (Å²) in [5.74, 6) is 0.917. The van der Waals surface area contributed by atoms with Crippen molar-refractivity contribution in [3.8, 4) is 5.75 Å². The Balaban J connectivity index is 2.64. The van der Waals surface area contributed by atoms with Crippen molar-refractivity contribution in [3.63, 3.8) is 0 Å². The molecule has 1 aromatic rings. The summed E-state index contributed by atoms with van der Waals surface area (Å²) in [6.07, 6.45) is 3.67.